The van der Waals surface area contributed by atoms with Crippen LogP contribution in [0.1, 0.15) is 16.1 Å². The number of carbonyl (C=O) groups is 1. The summed E-state index contributed by atoms with van der Waals surface area (Å²) >= 11 is 23.6. The number of rotatable bonds is 6. The van der Waals surface area contributed by atoms with Crippen LogP contribution in [0, 0.1) is 12.3 Å². The molecular weight excluding hydrogens is 406 g/mol. The predicted molar refractivity (Wildman–Crippen MR) is 101 cm³/mol. The Balaban J connectivity index is 1.94. The highest BCUT2D eigenvalue weighted by Gasteiger charge is 2.19. The molecule has 0 aliphatic rings. The molecule has 25 heavy (non-hydrogen) atoms. The highest BCUT2D eigenvalue weighted by Crippen LogP contribution is 2.35. The molecule has 1 aromatic heterocycles. The first-order chi connectivity index (χ1) is 11.9. The molecule has 8 heteroatoms. The largest absolute Gasteiger partial charge is 0.481 e. The average molecular weight is 418 g/mol. The highest BCUT2D eigenvalue weighted by molar-refractivity contribution is 6.52. The van der Waals surface area contributed by atoms with Gasteiger partial charge in [0.05, 0.1) is 15.1 Å². The van der Waals surface area contributed by atoms with Gasteiger partial charge in [-0.3, -0.25) is 4.79 Å². The molecule has 0 spiro atoms. The van der Waals surface area contributed by atoms with Gasteiger partial charge in [-0.15, -0.1) is 6.42 Å². The molecule has 0 radical (unpaired) electrons. The molecule has 1 N–H and O–H groups in total. The summed E-state index contributed by atoms with van der Waals surface area (Å²) in [6.07, 6.45) is 5.74. The first-order valence-corrected chi connectivity index (χ1v) is 8.58. The van der Waals surface area contributed by atoms with Crippen LogP contribution in [-0.2, 0) is 6.42 Å². The summed E-state index contributed by atoms with van der Waals surface area (Å²) in [5.41, 5.74) is 0.943. The Labute approximate surface area is 165 Å². The van der Waals surface area contributed by atoms with Crippen LogP contribution in [0.4, 0.5) is 0 Å². The fraction of sp³-hybridized carbons (Fsp3) is 0.176. The number of hydrogen-bond acceptors (Lipinski definition) is 3. The van der Waals surface area contributed by atoms with Gasteiger partial charge < -0.3 is 10.1 Å². The predicted octanol–water partition coefficient (Wildman–Crippen LogP) is 4.68. The Morgan fingerprint density at radius 2 is 1.80 bits per heavy atom. The molecule has 2 rings (SSSR count). The fourth-order valence-corrected chi connectivity index (χ4v) is 2.73. The van der Waals surface area contributed by atoms with Crippen molar-refractivity contribution in [2.75, 3.05) is 13.2 Å². The SMILES string of the molecule is C#CCOc1ccc(CCNC(=O)c2nc(Cl)c(Cl)c(Cl)c2Cl)cc1. The van der Waals surface area contributed by atoms with Crippen LogP contribution in [0.5, 0.6) is 5.75 Å². The summed E-state index contributed by atoms with van der Waals surface area (Å²) in [5.74, 6) is 2.60. The molecule has 0 atom stereocenters. The van der Waals surface area contributed by atoms with Crippen molar-refractivity contribution in [2.24, 2.45) is 0 Å². The topological polar surface area (TPSA) is 51.2 Å². The van der Waals surface area contributed by atoms with E-state index in [1.165, 1.54) is 0 Å². The van der Waals surface area contributed by atoms with Crippen LogP contribution in [0.3, 0.4) is 0 Å². The van der Waals surface area contributed by atoms with Crippen LogP contribution in [0.2, 0.25) is 20.2 Å². The second-order valence-corrected chi connectivity index (χ2v) is 6.33. The Morgan fingerprint density at radius 1 is 1.12 bits per heavy atom. The Kier molecular flexibility index (Phi) is 7.22. The Hall–Kier alpha value is -1.64. The summed E-state index contributed by atoms with van der Waals surface area (Å²) in [4.78, 5) is 16.1. The number of nitrogens with zero attached hydrogens (tertiary/aromatic N) is 1. The molecule has 2 aromatic rings. The molecule has 1 heterocycles. The zero-order valence-electron chi connectivity index (χ0n) is 12.8. The van der Waals surface area contributed by atoms with Crippen molar-refractivity contribution in [2.45, 2.75) is 6.42 Å². The van der Waals surface area contributed by atoms with E-state index >= 15 is 0 Å². The van der Waals surface area contributed by atoms with Gasteiger partial charge in [-0.1, -0.05) is 64.5 Å². The summed E-state index contributed by atoms with van der Waals surface area (Å²) in [6, 6.07) is 7.40. The number of halogens is 4. The van der Waals surface area contributed by atoms with Crippen molar-refractivity contribution in [1.82, 2.24) is 10.3 Å². The maximum Gasteiger partial charge on any atom is 0.271 e. The third-order valence-corrected chi connectivity index (χ3v) is 4.82. The Morgan fingerprint density at radius 3 is 2.44 bits per heavy atom. The van der Waals surface area contributed by atoms with Gasteiger partial charge >= 0.3 is 0 Å². The average Bonchev–Trinajstić information content (AvgIpc) is 2.62. The lowest BCUT2D eigenvalue weighted by molar-refractivity contribution is 0.0949. The van der Waals surface area contributed by atoms with E-state index in [-0.39, 0.29) is 32.5 Å². The normalized spacial score (nSPS) is 10.2. The van der Waals surface area contributed by atoms with Crippen molar-refractivity contribution in [1.29, 1.82) is 0 Å². The molecule has 0 saturated heterocycles. The number of ether oxygens (including phenoxy) is 1. The van der Waals surface area contributed by atoms with Crippen molar-refractivity contribution in [3.05, 3.63) is 55.7 Å². The number of benzene rings is 1. The summed E-state index contributed by atoms with van der Waals surface area (Å²) < 4.78 is 5.29. The second kappa shape index (κ2) is 9.17. The molecule has 0 aliphatic heterocycles. The standard InChI is InChI=1S/C17H12Cl4N2O2/c1-2-9-25-11-5-3-10(4-6-11)7-8-22-17(24)15-13(19)12(18)14(20)16(21)23-15/h1,3-6H,7-9H2,(H,22,24). The van der Waals surface area contributed by atoms with Crippen LogP contribution in [0.15, 0.2) is 24.3 Å². The van der Waals surface area contributed by atoms with Gasteiger partial charge in [0.25, 0.3) is 5.91 Å². The minimum absolute atomic E-state index is 0.00367. The maximum atomic E-state index is 12.2. The molecule has 0 saturated carbocycles. The highest BCUT2D eigenvalue weighted by atomic mass is 35.5. The number of carbonyl (C=O) groups excluding carboxylic acids is 1. The van der Waals surface area contributed by atoms with E-state index in [0.717, 1.165) is 5.56 Å². The van der Waals surface area contributed by atoms with Crippen LogP contribution >= 0.6 is 46.4 Å². The number of terminal acetylenes is 1. The molecule has 1 aromatic carbocycles. The molecular formula is C17H12Cl4N2O2. The van der Waals surface area contributed by atoms with Gasteiger partial charge in [-0.05, 0) is 24.1 Å². The zero-order chi connectivity index (χ0) is 18.4. The smallest absolute Gasteiger partial charge is 0.271 e. The van der Waals surface area contributed by atoms with Gasteiger partial charge in [-0.2, -0.15) is 0 Å². The van der Waals surface area contributed by atoms with E-state index in [1.807, 2.05) is 24.3 Å². The van der Waals surface area contributed by atoms with E-state index in [4.69, 9.17) is 57.6 Å². The minimum atomic E-state index is -0.487. The lowest BCUT2D eigenvalue weighted by Crippen LogP contribution is -2.27. The van der Waals surface area contributed by atoms with Gasteiger partial charge in [0, 0.05) is 6.54 Å². The quantitative estimate of drug-likeness (QED) is 0.548. The third kappa shape index (κ3) is 5.17. The van der Waals surface area contributed by atoms with Crippen LogP contribution < -0.4 is 10.1 Å². The number of amides is 1. The summed E-state index contributed by atoms with van der Waals surface area (Å²) in [6.45, 7) is 0.592. The molecule has 0 bridgehead atoms. The van der Waals surface area contributed by atoms with Crippen molar-refractivity contribution >= 4 is 52.3 Å². The van der Waals surface area contributed by atoms with Crippen molar-refractivity contribution < 1.29 is 9.53 Å². The van der Waals surface area contributed by atoms with E-state index in [9.17, 15) is 4.79 Å². The van der Waals surface area contributed by atoms with Gasteiger partial charge in [0.1, 0.15) is 23.2 Å². The molecule has 1 amide bonds. The van der Waals surface area contributed by atoms with Crippen molar-refractivity contribution in [3.8, 4) is 18.1 Å². The lowest BCUT2D eigenvalue weighted by atomic mass is 10.1. The van der Waals surface area contributed by atoms with E-state index in [1.54, 1.807) is 0 Å². The molecule has 4 nitrogen and oxygen atoms in total. The first-order valence-electron chi connectivity index (χ1n) is 7.07. The fourth-order valence-electron chi connectivity index (χ4n) is 1.92. The third-order valence-electron chi connectivity index (χ3n) is 3.14. The van der Waals surface area contributed by atoms with E-state index in [2.05, 4.69) is 16.2 Å². The second-order valence-electron chi connectivity index (χ2n) is 4.84. The van der Waals surface area contributed by atoms with Gasteiger partial charge in [0.15, 0.2) is 0 Å². The molecule has 0 unspecified atom stereocenters. The number of nitrogens with one attached hydrogen (secondary N) is 1. The summed E-state index contributed by atoms with van der Waals surface area (Å²) in [5, 5.41) is 2.60. The number of pyridine rings is 1. The number of hydrogen-bond donors (Lipinski definition) is 1. The van der Waals surface area contributed by atoms with E-state index in [0.29, 0.717) is 18.7 Å². The summed E-state index contributed by atoms with van der Waals surface area (Å²) in [7, 11) is 0. The molecule has 0 fully saturated rings. The maximum absolute atomic E-state index is 12.2. The minimum Gasteiger partial charge on any atom is -0.481 e. The Bertz CT molecular complexity index is 817. The molecule has 0 aliphatic carbocycles. The van der Waals surface area contributed by atoms with Gasteiger partial charge in [0.2, 0.25) is 0 Å². The van der Waals surface area contributed by atoms with Crippen LogP contribution in [-0.4, -0.2) is 24.0 Å². The first kappa shape index (κ1) is 19.7. The lowest BCUT2D eigenvalue weighted by Gasteiger charge is -2.09. The molecule has 130 valence electrons. The van der Waals surface area contributed by atoms with Crippen LogP contribution in [0.25, 0.3) is 0 Å². The van der Waals surface area contributed by atoms with E-state index < -0.39 is 5.91 Å². The number of aromatic nitrogens is 1. The zero-order valence-corrected chi connectivity index (χ0v) is 15.8. The van der Waals surface area contributed by atoms with Gasteiger partial charge in [-0.25, -0.2) is 4.98 Å². The van der Waals surface area contributed by atoms with Crippen molar-refractivity contribution in [3.63, 3.8) is 0 Å². The monoisotopic (exact) mass is 416 g/mol.